The van der Waals surface area contributed by atoms with Crippen molar-refractivity contribution in [2.24, 2.45) is 0 Å². The normalized spacial score (nSPS) is 29.3. The molecule has 0 amide bonds. The van der Waals surface area contributed by atoms with E-state index in [1.54, 1.807) is 7.11 Å². The highest BCUT2D eigenvalue weighted by Crippen LogP contribution is 2.27. The Morgan fingerprint density at radius 1 is 1.27 bits per heavy atom. The summed E-state index contributed by atoms with van der Waals surface area (Å²) in [6.45, 7) is 3.49. The number of likely N-dealkylation sites (tertiary alicyclic amines) is 1. The van der Waals surface area contributed by atoms with E-state index in [2.05, 4.69) is 34.5 Å². The number of β-amino-alcohol motifs (C(OH)–C–C–N with tert-alkyl or cyclic N) is 1. The molecule has 1 aliphatic carbocycles. The smallest absolute Gasteiger partial charge is 0.0713 e. The lowest BCUT2D eigenvalue weighted by Gasteiger charge is -2.30. The van der Waals surface area contributed by atoms with E-state index in [0.29, 0.717) is 18.7 Å². The zero-order valence-corrected chi connectivity index (χ0v) is 13.5. The predicted octanol–water partition coefficient (Wildman–Crippen LogP) is 1.91. The molecule has 0 aromatic heterocycles. The van der Waals surface area contributed by atoms with Gasteiger partial charge in [0.1, 0.15) is 0 Å². The molecule has 4 nitrogen and oxygen atoms in total. The standard InChI is InChI=1S/C18H28N2O2/c1-22-13-15-5-2-4-14(10-15)11-19-17-6-3-7-18(17)20-9-8-16(21)12-20/h2,4-5,10,16-19,21H,3,6-9,11-13H2,1H3/t16?,17-,18+/m1/s1. The van der Waals surface area contributed by atoms with Crippen LogP contribution in [-0.4, -0.2) is 48.4 Å². The highest BCUT2D eigenvalue weighted by atomic mass is 16.5. The van der Waals surface area contributed by atoms with Gasteiger partial charge in [-0.3, -0.25) is 4.90 Å². The number of rotatable bonds is 6. The second-order valence-electron chi connectivity index (χ2n) is 6.68. The quantitative estimate of drug-likeness (QED) is 0.843. The molecule has 0 bridgehead atoms. The van der Waals surface area contributed by atoms with Crippen LogP contribution in [0.2, 0.25) is 0 Å². The van der Waals surface area contributed by atoms with Crippen molar-refractivity contribution in [3.8, 4) is 0 Å². The van der Waals surface area contributed by atoms with Crippen molar-refractivity contribution in [3.05, 3.63) is 35.4 Å². The number of hydrogen-bond acceptors (Lipinski definition) is 4. The van der Waals surface area contributed by atoms with Crippen LogP contribution in [0.4, 0.5) is 0 Å². The van der Waals surface area contributed by atoms with E-state index in [1.165, 1.54) is 30.4 Å². The highest BCUT2D eigenvalue weighted by molar-refractivity contribution is 5.23. The monoisotopic (exact) mass is 304 g/mol. The lowest BCUT2D eigenvalue weighted by Crippen LogP contribution is -2.46. The van der Waals surface area contributed by atoms with Gasteiger partial charge in [0.15, 0.2) is 0 Å². The van der Waals surface area contributed by atoms with E-state index in [9.17, 15) is 5.11 Å². The Balaban J connectivity index is 1.55. The molecule has 0 radical (unpaired) electrons. The van der Waals surface area contributed by atoms with Gasteiger partial charge >= 0.3 is 0 Å². The molecule has 3 rings (SSSR count). The Bertz CT molecular complexity index is 480. The van der Waals surface area contributed by atoms with Crippen molar-refractivity contribution in [3.63, 3.8) is 0 Å². The maximum atomic E-state index is 9.76. The first-order valence-corrected chi connectivity index (χ1v) is 8.48. The van der Waals surface area contributed by atoms with Crippen LogP contribution in [-0.2, 0) is 17.9 Å². The summed E-state index contributed by atoms with van der Waals surface area (Å²) in [6.07, 6.45) is 4.61. The minimum Gasteiger partial charge on any atom is -0.392 e. The molecule has 1 unspecified atom stereocenters. The summed E-state index contributed by atoms with van der Waals surface area (Å²) >= 11 is 0. The molecule has 1 saturated heterocycles. The number of methoxy groups -OCH3 is 1. The van der Waals surface area contributed by atoms with Crippen LogP contribution < -0.4 is 5.32 Å². The Labute approximate surface area is 133 Å². The Morgan fingerprint density at radius 2 is 2.14 bits per heavy atom. The second-order valence-corrected chi connectivity index (χ2v) is 6.68. The van der Waals surface area contributed by atoms with Gasteiger partial charge < -0.3 is 15.2 Å². The largest absolute Gasteiger partial charge is 0.392 e. The zero-order valence-electron chi connectivity index (χ0n) is 13.5. The molecule has 1 aromatic carbocycles. The van der Waals surface area contributed by atoms with Crippen LogP contribution >= 0.6 is 0 Å². The molecule has 3 atom stereocenters. The molecule has 1 heterocycles. The van der Waals surface area contributed by atoms with E-state index in [0.717, 1.165) is 26.1 Å². The lowest BCUT2D eigenvalue weighted by molar-refractivity contribution is 0.150. The molecule has 2 fully saturated rings. The molecule has 2 N–H and O–H groups in total. The van der Waals surface area contributed by atoms with Crippen molar-refractivity contribution in [2.75, 3.05) is 20.2 Å². The van der Waals surface area contributed by atoms with E-state index >= 15 is 0 Å². The van der Waals surface area contributed by atoms with Crippen molar-refractivity contribution < 1.29 is 9.84 Å². The third kappa shape index (κ3) is 3.87. The number of ether oxygens (including phenoxy) is 1. The van der Waals surface area contributed by atoms with E-state index in [-0.39, 0.29) is 6.10 Å². The molecule has 4 heteroatoms. The van der Waals surface area contributed by atoms with Gasteiger partial charge in [-0.2, -0.15) is 0 Å². The molecular weight excluding hydrogens is 276 g/mol. The molecule has 2 aliphatic rings. The summed E-state index contributed by atoms with van der Waals surface area (Å²) in [7, 11) is 1.73. The van der Waals surface area contributed by atoms with Gasteiger partial charge in [0.2, 0.25) is 0 Å². The second kappa shape index (κ2) is 7.55. The van der Waals surface area contributed by atoms with Crippen molar-refractivity contribution in [1.82, 2.24) is 10.2 Å². The van der Waals surface area contributed by atoms with Crippen LogP contribution in [0.5, 0.6) is 0 Å². The SMILES string of the molecule is COCc1cccc(CN[C@@H]2CCC[C@@H]2N2CCC(O)C2)c1. The summed E-state index contributed by atoms with van der Waals surface area (Å²) in [5.41, 5.74) is 2.55. The van der Waals surface area contributed by atoms with Gasteiger partial charge in [0.05, 0.1) is 12.7 Å². The summed E-state index contributed by atoms with van der Waals surface area (Å²) in [6, 6.07) is 9.76. The first kappa shape index (κ1) is 15.9. The van der Waals surface area contributed by atoms with E-state index in [4.69, 9.17) is 4.74 Å². The molecule has 22 heavy (non-hydrogen) atoms. The average Bonchev–Trinajstić information content (AvgIpc) is 3.14. The number of hydrogen-bond donors (Lipinski definition) is 2. The Morgan fingerprint density at radius 3 is 2.91 bits per heavy atom. The number of nitrogens with one attached hydrogen (secondary N) is 1. The van der Waals surface area contributed by atoms with Gasteiger partial charge in [0.25, 0.3) is 0 Å². The molecule has 1 aliphatic heterocycles. The molecule has 1 aromatic rings. The Kier molecular flexibility index (Phi) is 5.47. The highest BCUT2D eigenvalue weighted by Gasteiger charge is 2.35. The van der Waals surface area contributed by atoms with Crippen LogP contribution in [0.15, 0.2) is 24.3 Å². The fourth-order valence-corrected chi connectivity index (χ4v) is 3.93. The molecule has 1 saturated carbocycles. The summed E-state index contributed by atoms with van der Waals surface area (Å²) in [5, 5.41) is 13.5. The van der Waals surface area contributed by atoms with E-state index < -0.39 is 0 Å². The maximum Gasteiger partial charge on any atom is 0.0713 e. The fraction of sp³-hybridized carbons (Fsp3) is 0.667. The van der Waals surface area contributed by atoms with Gasteiger partial charge in [-0.1, -0.05) is 30.7 Å². The minimum atomic E-state index is -0.119. The van der Waals surface area contributed by atoms with Crippen LogP contribution in [0.3, 0.4) is 0 Å². The molecule has 122 valence electrons. The number of aliphatic hydroxyl groups excluding tert-OH is 1. The van der Waals surface area contributed by atoms with Crippen molar-refractivity contribution >= 4 is 0 Å². The van der Waals surface area contributed by atoms with Gasteiger partial charge in [-0.15, -0.1) is 0 Å². The third-order valence-electron chi connectivity index (χ3n) is 5.01. The number of nitrogens with zero attached hydrogens (tertiary/aromatic N) is 1. The maximum absolute atomic E-state index is 9.76. The van der Waals surface area contributed by atoms with Crippen LogP contribution in [0.1, 0.15) is 36.8 Å². The summed E-state index contributed by atoms with van der Waals surface area (Å²) in [4.78, 5) is 2.48. The van der Waals surface area contributed by atoms with Gasteiger partial charge in [-0.25, -0.2) is 0 Å². The first-order valence-electron chi connectivity index (χ1n) is 8.48. The molecular formula is C18H28N2O2. The van der Waals surface area contributed by atoms with Gasteiger partial charge in [-0.05, 0) is 30.4 Å². The van der Waals surface area contributed by atoms with Crippen LogP contribution in [0, 0.1) is 0 Å². The number of benzene rings is 1. The summed E-state index contributed by atoms with van der Waals surface area (Å²) in [5.74, 6) is 0. The fourth-order valence-electron chi connectivity index (χ4n) is 3.93. The van der Waals surface area contributed by atoms with E-state index in [1.807, 2.05) is 0 Å². The summed E-state index contributed by atoms with van der Waals surface area (Å²) < 4.78 is 5.20. The first-order chi connectivity index (χ1) is 10.8. The van der Waals surface area contributed by atoms with Gasteiger partial charge in [0, 0.05) is 38.8 Å². The Hall–Kier alpha value is -0.940. The topological polar surface area (TPSA) is 44.7 Å². The van der Waals surface area contributed by atoms with Crippen molar-refractivity contribution in [2.45, 2.75) is 57.0 Å². The zero-order chi connectivity index (χ0) is 15.4. The third-order valence-corrected chi connectivity index (χ3v) is 5.01. The molecule has 0 spiro atoms. The van der Waals surface area contributed by atoms with Crippen molar-refractivity contribution in [1.29, 1.82) is 0 Å². The minimum absolute atomic E-state index is 0.119. The number of aliphatic hydroxyl groups is 1. The lowest BCUT2D eigenvalue weighted by atomic mass is 10.1. The average molecular weight is 304 g/mol. The predicted molar refractivity (Wildman–Crippen MR) is 87.6 cm³/mol. The van der Waals surface area contributed by atoms with Crippen LogP contribution in [0.25, 0.3) is 0 Å².